The molecule has 0 aliphatic carbocycles. The maximum Gasteiger partial charge on any atom is 0.242 e. The Labute approximate surface area is 214 Å². The van der Waals surface area contributed by atoms with Crippen LogP contribution >= 0.6 is 0 Å². The smallest absolute Gasteiger partial charge is 0.242 e. The van der Waals surface area contributed by atoms with Crippen molar-refractivity contribution in [2.75, 3.05) is 60.0 Å². The topological polar surface area (TPSA) is 74.3 Å². The minimum atomic E-state index is -0.588. The van der Waals surface area contributed by atoms with Crippen LogP contribution in [-0.4, -0.2) is 104 Å². The van der Waals surface area contributed by atoms with Crippen molar-refractivity contribution in [3.05, 3.63) is 0 Å². The molecule has 3 heterocycles. The van der Waals surface area contributed by atoms with Crippen molar-refractivity contribution in [3.63, 3.8) is 0 Å². The first-order chi connectivity index (χ1) is 16.3. The fraction of sp³-hybridized carbons (Fsp3) is 0.926. The summed E-state index contributed by atoms with van der Waals surface area (Å²) in [6.07, 6.45) is 2.14. The van der Waals surface area contributed by atoms with Crippen LogP contribution in [-0.2, 0) is 19.1 Å². The lowest BCUT2D eigenvalue weighted by Gasteiger charge is -2.51. The minimum Gasteiger partial charge on any atom is -0.349 e. The second-order valence-corrected chi connectivity index (χ2v) is 12.6. The molecule has 3 rings (SSSR count). The Bertz CT molecular complexity index is 686. The van der Waals surface area contributed by atoms with Crippen molar-refractivity contribution in [1.82, 2.24) is 20.0 Å². The monoisotopic (exact) mass is 496 g/mol. The Kier molecular flexibility index (Phi) is 11.0. The molecule has 3 aliphatic heterocycles. The first kappa shape index (κ1) is 30.0. The van der Waals surface area contributed by atoms with Gasteiger partial charge in [0.05, 0.1) is 25.8 Å². The Morgan fingerprint density at radius 1 is 1.14 bits per heavy atom. The molecule has 0 radical (unpaired) electrons. The lowest BCUT2D eigenvalue weighted by molar-refractivity contribution is -0.319. The molecule has 8 heteroatoms. The van der Waals surface area contributed by atoms with Gasteiger partial charge in [0, 0.05) is 50.5 Å². The van der Waals surface area contributed by atoms with E-state index in [0.717, 1.165) is 25.4 Å². The molecule has 1 N–H and O–H groups in total. The predicted octanol–water partition coefficient (Wildman–Crippen LogP) is 2.82. The van der Waals surface area contributed by atoms with Gasteiger partial charge in [-0.05, 0) is 39.3 Å². The van der Waals surface area contributed by atoms with Crippen LogP contribution in [0.4, 0.5) is 0 Å². The number of ether oxygens (including phenoxy) is 2. The average molecular weight is 497 g/mol. The molecular formula is C27H52N4O4. The molecule has 1 spiro atoms. The summed E-state index contributed by atoms with van der Waals surface area (Å²) in [5, 5.41) is 3.30. The largest absolute Gasteiger partial charge is 0.349 e. The third-order valence-corrected chi connectivity index (χ3v) is 6.67. The Morgan fingerprint density at radius 2 is 1.74 bits per heavy atom. The number of hydrogen-bond donors (Lipinski definition) is 1. The summed E-state index contributed by atoms with van der Waals surface area (Å²) in [5.41, 5.74) is -0.0138. The summed E-state index contributed by atoms with van der Waals surface area (Å²) in [4.78, 5) is 31.7. The van der Waals surface area contributed by atoms with Gasteiger partial charge in [-0.3, -0.25) is 9.59 Å². The standard InChI is InChI=1S/C23H42N4O4.C4H10/c1-17(2)11-19-21(29)26(10-8-24-19)13-20(28)27-9-7-23(12-18(27)3)30-15-22(4,16-31-23)14-25(5)6;1-4(2)3/h17-19,24H,7-16H2,1-6H3;4H,1-3H3. The molecule has 3 fully saturated rings. The second kappa shape index (κ2) is 12.8. The number of carbonyl (C=O) groups excluding carboxylic acids is 2. The zero-order valence-electron chi connectivity index (χ0n) is 23.9. The second-order valence-electron chi connectivity index (χ2n) is 12.6. The Morgan fingerprint density at radius 3 is 2.26 bits per heavy atom. The molecule has 2 unspecified atom stereocenters. The number of piperazine rings is 1. The molecule has 0 aromatic heterocycles. The van der Waals surface area contributed by atoms with Crippen LogP contribution in [0.2, 0.25) is 0 Å². The van der Waals surface area contributed by atoms with E-state index in [-0.39, 0.29) is 35.9 Å². The van der Waals surface area contributed by atoms with E-state index in [1.165, 1.54) is 0 Å². The van der Waals surface area contributed by atoms with Crippen molar-refractivity contribution < 1.29 is 19.1 Å². The maximum atomic E-state index is 13.1. The van der Waals surface area contributed by atoms with Crippen molar-refractivity contribution in [2.24, 2.45) is 17.3 Å². The zero-order valence-corrected chi connectivity index (χ0v) is 23.9. The van der Waals surface area contributed by atoms with E-state index < -0.39 is 5.79 Å². The molecule has 2 atom stereocenters. The van der Waals surface area contributed by atoms with E-state index in [4.69, 9.17) is 9.47 Å². The van der Waals surface area contributed by atoms with Gasteiger partial charge >= 0.3 is 0 Å². The molecule has 3 aliphatic rings. The third-order valence-electron chi connectivity index (χ3n) is 6.67. The fourth-order valence-corrected chi connectivity index (χ4v) is 5.21. The molecule has 0 saturated carbocycles. The summed E-state index contributed by atoms with van der Waals surface area (Å²) >= 11 is 0. The van der Waals surface area contributed by atoms with E-state index in [2.05, 4.69) is 72.8 Å². The van der Waals surface area contributed by atoms with Gasteiger partial charge in [-0.15, -0.1) is 0 Å². The maximum absolute atomic E-state index is 13.1. The number of amides is 2. The third kappa shape index (κ3) is 8.99. The first-order valence-corrected chi connectivity index (χ1v) is 13.5. The Balaban J connectivity index is 0.00000100. The van der Waals surface area contributed by atoms with E-state index in [0.29, 0.717) is 45.1 Å². The summed E-state index contributed by atoms with van der Waals surface area (Å²) < 4.78 is 12.6. The number of piperidine rings is 1. The SMILES string of the molecule is CC(C)C.CC(C)CC1NCCN(CC(=O)N2CCC3(CC2C)OCC(C)(CN(C)C)CO3)C1=O. The van der Waals surface area contributed by atoms with Gasteiger partial charge in [0.15, 0.2) is 5.79 Å². The van der Waals surface area contributed by atoms with Gasteiger partial charge in [0.1, 0.15) is 0 Å². The van der Waals surface area contributed by atoms with Gasteiger partial charge in [-0.1, -0.05) is 41.5 Å². The number of carbonyl (C=O) groups is 2. The number of rotatable bonds is 6. The molecule has 204 valence electrons. The molecule has 35 heavy (non-hydrogen) atoms. The lowest BCUT2D eigenvalue weighted by atomic mass is 9.88. The van der Waals surface area contributed by atoms with Crippen molar-refractivity contribution in [3.8, 4) is 0 Å². The first-order valence-electron chi connectivity index (χ1n) is 13.5. The highest BCUT2D eigenvalue weighted by atomic mass is 16.7. The van der Waals surface area contributed by atoms with E-state index in [1.54, 1.807) is 4.90 Å². The Hall–Kier alpha value is -1.22. The summed E-state index contributed by atoms with van der Waals surface area (Å²) in [7, 11) is 4.13. The summed E-state index contributed by atoms with van der Waals surface area (Å²) in [5.74, 6) is 0.753. The average Bonchev–Trinajstić information content (AvgIpc) is 2.72. The van der Waals surface area contributed by atoms with Gasteiger partial charge in [0.25, 0.3) is 0 Å². The van der Waals surface area contributed by atoms with Crippen molar-refractivity contribution >= 4 is 11.8 Å². The molecule has 3 saturated heterocycles. The van der Waals surface area contributed by atoms with Crippen molar-refractivity contribution in [1.29, 1.82) is 0 Å². The highest BCUT2D eigenvalue weighted by molar-refractivity contribution is 5.88. The van der Waals surface area contributed by atoms with Crippen LogP contribution in [0.3, 0.4) is 0 Å². The highest BCUT2D eigenvalue weighted by Crippen LogP contribution is 2.38. The summed E-state index contributed by atoms with van der Waals surface area (Å²) in [6, 6.07) is -0.159. The van der Waals surface area contributed by atoms with Gasteiger partial charge in [-0.25, -0.2) is 0 Å². The van der Waals surface area contributed by atoms with Crippen LogP contribution in [0.1, 0.15) is 67.7 Å². The normalized spacial score (nSPS) is 31.8. The van der Waals surface area contributed by atoms with Crippen LogP contribution < -0.4 is 5.32 Å². The van der Waals surface area contributed by atoms with Crippen LogP contribution in [0, 0.1) is 17.3 Å². The van der Waals surface area contributed by atoms with Crippen LogP contribution in [0.15, 0.2) is 0 Å². The quantitative estimate of drug-likeness (QED) is 0.610. The van der Waals surface area contributed by atoms with Crippen LogP contribution in [0.5, 0.6) is 0 Å². The minimum absolute atomic E-state index is 0.0138. The van der Waals surface area contributed by atoms with E-state index >= 15 is 0 Å². The van der Waals surface area contributed by atoms with E-state index in [9.17, 15) is 9.59 Å². The molecule has 0 aromatic carbocycles. The van der Waals surface area contributed by atoms with E-state index in [1.807, 2.05) is 4.90 Å². The number of likely N-dealkylation sites (tertiary alicyclic amines) is 1. The highest BCUT2D eigenvalue weighted by Gasteiger charge is 2.47. The zero-order chi connectivity index (χ0) is 26.4. The lowest BCUT2D eigenvalue weighted by Crippen LogP contribution is -2.61. The molecule has 2 amide bonds. The molecular weight excluding hydrogens is 444 g/mol. The molecule has 8 nitrogen and oxygen atoms in total. The number of hydrogen-bond acceptors (Lipinski definition) is 6. The number of nitrogens with one attached hydrogen (secondary N) is 1. The van der Waals surface area contributed by atoms with Crippen molar-refractivity contribution in [2.45, 2.75) is 85.6 Å². The number of nitrogens with zero attached hydrogens (tertiary/aromatic N) is 3. The van der Waals surface area contributed by atoms with Crippen LogP contribution in [0.25, 0.3) is 0 Å². The predicted molar refractivity (Wildman–Crippen MR) is 140 cm³/mol. The fourth-order valence-electron chi connectivity index (χ4n) is 5.21. The van der Waals surface area contributed by atoms with Gasteiger partial charge in [0.2, 0.25) is 11.8 Å². The molecule has 0 bridgehead atoms. The van der Waals surface area contributed by atoms with Gasteiger partial charge < -0.3 is 29.5 Å². The summed E-state index contributed by atoms with van der Waals surface area (Å²) in [6.45, 7) is 19.3. The molecule has 0 aromatic rings. The van der Waals surface area contributed by atoms with Gasteiger partial charge in [-0.2, -0.15) is 0 Å².